The van der Waals surface area contributed by atoms with E-state index in [1.165, 1.54) is 32.1 Å². The standard InChI is InChI=1S/C15H32N2O/c1-13(2)14-6-5-8-15(12-16,9-7-14)17-10-3-4-11-18/h13-14,17-18H,3-12,16H2,1-2H3. The van der Waals surface area contributed by atoms with Gasteiger partial charge in [0.2, 0.25) is 0 Å². The van der Waals surface area contributed by atoms with Crippen molar-refractivity contribution in [3.05, 3.63) is 0 Å². The minimum Gasteiger partial charge on any atom is -0.396 e. The zero-order valence-electron chi connectivity index (χ0n) is 12.3. The van der Waals surface area contributed by atoms with E-state index in [1.54, 1.807) is 0 Å². The second kappa shape index (κ2) is 8.13. The molecule has 1 saturated carbocycles. The minimum absolute atomic E-state index is 0.166. The first-order chi connectivity index (χ1) is 8.63. The molecule has 0 aliphatic heterocycles. The molecule has 0 spiro atoms. The van der Waals surface area contributed by atoms with E-state index in [4.69, 9.17) is 10.8 Å². The Hall–Kier alpha value is -0.120. The van der Waals surface area contributed by atoms with Crippen LogP contribution in [0.15, 0.2) is 0 Å². The van der Waals surface area contributed by atoms with Crippen LogP contribution in [0, 0.1) is 11.8 Å². The molecule has 4 N–H and O–H groups in total. The van der Waals surface area contributed by atoms with Gasteiger partial charge in [0.05, 0.1) is 0 Å². The van der Waals surface area contributed by atoms with E-state index in [2.05, 4.69) is 19.2 Å². The first kappa shape index (κ1) is 15.9. The number of nitrogens with two attached hydrogens (primary N) is 1. The van der Waals surface area contributed by atoms with E-state index in [-0.39, 0.29) is 5.54 Å². The smallest absolute Gasteiger partial charge is 0.0431 e. The Morgan fingerprint density at radius 1 is 1.28 bits per heavy atom. The fraction of sp³-hybridized carbons (Fsp3) is 1.00. The molecule has 18 heavy (non-hydrogen) atoms. The Morgan fingerprint density at radius 2 is 2.06 bits per heavy atom. The average Bonchev–Trinajstić information content (AvgIpc) is 2.58. The van der Waals surface area contributed by atoms with E-state index in [0.717, 1.165) is 37.8 Å². The van der Waals surface area contributed by atoms with Crippen LogP contribution in [-0.4, -0.2) is 30.3 Å². The Balaban J connectivity index is 2.43. The van der Waals surface area contributed by atoms with Gasteiger partial charge in [0, 0.05) is 18.7 Å². The summed E-state index contributed by atoms with van der Waals surface area (Å²) in [5.41, 5.74) is 6.20. The second-order valence-electron chi connectivity index (χ2n) is 6.28. The highest BCUT2D eigenvalue weighted by Gasteiger charge is 2.31. The molecule has 0 heterocycles. The summed E-state index contributed by atoms with van der Waals surface area (Å²) in [6.45, 7) is 6.72. The van der Waals surface area contributed by atoms with Gasteiger partial charge in [-0.15, -0.1) is 0 Å². The maximum atomic E-state index is 8.81. The van der Waals surface area contributed by atoms with Gasteiger partial charge in [-0.2, -0.15) is 0 Å². The number of aliphatic hydroxyl groups excluding tert-OH is 1. The highest BCUT2D eigenvalue weighted by molar-refractivity contribution is 4.92. The molecule has 0 saturated heterocycles. The molecule has 0 radical (unpaired) electrons. The van der Waals surface area contributed by atoms with Gasteiger partial charge in [-0.05, 0) is 50.5 Å². The van der Waals surface area contributed by atoms with Crippen molar-refractivity contribution in [3.63, 3.8) is 0 Å². The predicted octanol–water partition coefficient (Wildman–Crippen LogP) is 2.28. The van der Waals surface area contributed by atoms with Crippen molar-refractivity contribution in [3.8, 4) is 0 Å². The summed E-state index contributed by atoms with van der Waals surface area (Å²) in [7, 11) is 0. The molecule has 0 aromatic rings. The lowest BCUT2D eigenvalue weighted by Gasteiger charge is -2.33. The summed E-state index contributed by atoms with van der Waals surface area (Å²) >= 11 is 0. The average molecular weight is 256 g/mol. The van der Waals surface area contributed by atoms with Gasteiger partial charge in [-0.1, -0.05) is 26.7 Å². The second-order valence-corrected chi connectivity index (χ2v) is 6.28. The molecular weight excluding hydrogens is 224 g/mol. The monoisotopic (exact) mass is 256 g/mol. The third-order valence-electron chi connectivity index (χ3n) is 4.64. The molecule has 1 fully saturated rings. The van der Waals surface area contributed by atoms with Crippen LogP contribution in [0.4, 0.5) is 0 Å². The predicted molar refractivity (Wildman–Crippen MR) is 77.5 cm³/mol. The molecule has 108 valence electrons. The molecule has 3 heteroatoms. The maximum Gasteiger partial charge on any atom is 0.0431 e. The van der Waals surface area contributed by atoms with E-state index >= 15 is 0 Å². The van der Waals surface area contributed by atoms with Gasteiger partial charge in [0.1, 0.15) is 0 Å². The van der Waals surface area contributed by atoms with Crippen LogP contribution < -0.4 is 11.1 Å². The van der Waals surface area contributed by atoms with Crippen LogP contribution in [0.1, 0.15) is 58.8 Å². The number of hydrogen-bond acceptors (Lipinski definition) is 3. The normalized spacial score (nSPS) is 29.5. The molecule has 0 amide bonds. The largest absolute Gasteiger partial charge is 0.396 e. The fourth-order valence-corrected chi connectivity index (χ4v) is 3.14. The first-order valence-electron chi connectivity index (χ1n) is 7.69. The van der Waals surface area contributed by atoms with E-state index < -0.39 is 0 Å². The van der Waals surface area contributed by atoms with Crippen molar-refractivity contribution in [2.75, 3.05) is 19.7 Å². The number of nitrogens with one attached hydrogen (secondary N) is 1. The highest BCUT2D eigenvalue weighted by Crippen LogP contribution is 2.33. The number of unbranched alkanes of at least 4 members (excludes halogenated alkanes) is 1. The van der Waals surface area contributed by atoms with Crippen molar-refractivity contribution in [1.82, 2.24) is 5.32 Å². The van der Waals surface area contributed by atoms with Crippen molar-refractivity contribution in [2.45, 2.75) is 64.3 Å². The summed E-state index contributed by atoms with van der Waals surface area (Å²) in [6.07, 6.45) is 8.33. The Morgan fingerprint density at radius 3 is 2.67 bits per heavy atom. The third kappa shape index (κ3) is 4.87. The van der Waals surface area contributed by atoms with Crippen LogP contribution in [0.2, 0.25) is 0 Å². The van der Waals surface area contributed by atoms with Crippen LogP contribution in [-0.2, 0) is 0 Å². The van der Waals surface area contributed by atoms with Crippen molar-refractivity contribution in [1.29, 1.82) is 0 Å². The topological polar surface area (TPSA) is 58.3 Å². The highest BCUT2D eigenvalue weighted by atomic mass is 16.2. The van der Waals surface area contributed by atoms with Crippen LogP contribution in [0.25, 0.3) is 0 Å². The van der Waals surface area contributed by atoms with E-state index in [0.29, 0.717) is 6.61 Å². The number of aliphatic hydroxyl groups is 1. The summed E-state index contributed by atoms with van der Waals surface area (Å²) in [5, 5.41) is 12.5. The first-order valence-corrected chi connectivity index (χ1v) is 7.69. The van der Waals surface area contributed by atoms with E-state index in [1.807, 2.05) is 0 Å². The van der Waals surface area contributed by atoms with Gasteiger partial charge < -0.3 is 16.2 Å². The third-order valence-corrected chi connectivity index (χ3v) is 4.64. The number of hydrogen-bond donors (Lipinski definition) is 3. The lowest BCUT2D eigenvalue weighted by molar-refractivity contribution is 0.260. The molecule has 2 unspecified atom stereocenters. The Labute approximate surface area is 113 Å². The number of rotatable bonds is 7. The van der Waals surface area contributed by atoms with Crippen molar-refractivity contribution in [2.24, 2.45) is 17.6 Å². The quantitative estimate of drug-likeness (QED) is 0.484. The van der Waals surface area contributed by atoms with E-state index in [9.17, 15) is 0 Å². The molecule has 2 atom stereocenters. The van der Waals surface area contributed by atoms with Crippen LogP contribution >= 0.6 is 0 Å². The molecule has 0 bridgehead atoms. The van der Waals surface area contributed by atoms with Gasteiger partial charge in [0.25, 0.3) is 0 Å². The summed E-state index contributed by atoms with van der Waals surface area (Å²) in [4.78, 5) is 0. The zero-order chi connectivity index (χ0) is 13.4. The lowest BCUT2D eigenvalue weighted by atomic mass is 9.86. The van der Waals surface area contributed by atoms with Crippen molar-refractivity contribution >= 4 is 0 Å². The SMILES string of the molecule is CC(C)C1CCCC(CN)(NCCCCO)CC1. The van der Waals surface area contributed by atoms with Gasteiger partial charge in [-0.3, -0.25) is 0 Å². The van der Waals surface area contributed by atoms with Crippen molar-refractivity contribution < 1.29 is 5.11 Å². The summed E-state index contributed by atoms with van der Waals surface area (Å²) in [5.74, 6) is 1.67. The molecule has 1 rings (SSSR count). The molecule has 0 aromatic carbocycles. The Bertz CT molecular complexity index is 221. The Kier molecular flexibility index (Phi) is 7.20. The van der Waals surface area contributed by atoms with Crippen LogP contribution in [0.5, 0.6) is 0 Å². The molecule has 1 aliphatic carbocycles. The van der Waals surface area contributed by atoms with Gasteiger partial charge in [-0.25, -0.2) is 0 Å². The maximum absolute atomic E-state index is 8.81. The molecule has 3 nitrogen and oxygen atoms in total. The molecule has 0 aromatic heterocycles. The van der Waals surface area contributed by atoms with Gasteiger partial charge in [0.15, 0.2) is 0 Å². The summed E-state index contributed by atoms with van der Waals surface area (Å²) in [6, 6.07) is 0. The zero-order valence-corrected chi connectivity index (χ0v) is 12.3. The molecular formula is C15H32N2O. The summed E-state index contributed by atoms with van der Waals surface area (Å²) < 4.78 is 0. The lowest BCUT2D eigenvalue weighted by Crippen LogP contribution is -2.51. The fourth-order valence-electron chi connectivity index (χ4n) is 3.14. The van der Waals surface area contributed by atoms with Gasteiger partial charge >= 0.3 is 0 Å². The van der Waals surface area contributed by atoms with Crippen LogP contribution in [0.3, 0.4) is 0 Å². The minimum atomic E-state index is 0.166. The molecule has 1 aliphatic rings.